The third-order valence-corrected chi connectivity index (χ3v) is 4.55. The number of piperidine rings is 1. The molecule has 1 saturated heterocycles. The van der Waals surface area contributed by atoms with Crippen LogP contribution in [0.1, 0.15) is 36.8 Å². The van der Waals surface area contributed by atoms with E-state index in [4.69, 9.17) is 4.52 Å². The van der Waals surface area contributed by atoms with E-state index in [1.54, 1.807) is 24.5 Å². The zero-order valence-corrected chi connectivity index (χ0v) is 13.8. The molecule has 6 heteroatoms. The van der Waals surface area contributed by atoms with Gasteiger partial charge < -0.3 is 4.52 Å². The molecule has 0 spiro atoms. The van der Waals surface area contributed by atoms with E-state index < -0.39 is 0 Å². The highest BCUT2D eigenvalue weighted by atomic mass is 19.1. The topological polar surface area (TPSA) is 55.1 Å². The molecular weight excluding hydrogens is 319 g/mol. The molecule has 1 atom stereocenters. The fraction of sp³-hybridized carbons (Fsp3) is 0.316. The van der Waals surface area contributed by atoms with Gasteiger partial charge in [-0.15, -0.1) is 0 Å². The normalized spacial score (nSPS) is 18.4. The van der Waals surface area contributed by atoms with Gasteiger partial charge in [0.15, 0.2) is 0 Å². The SMILES string of the molecule is Fc1cccc(CN2CCCCC2c2nc(-c3ccncc3)no2)c1. The Morgan fingerprint density at radius 2 is 2.04 bits per heavy atom. The lowest BCUT2D eigenvalue weighted by atomic mass is 10.0. The molecule has 3 heterocycles. The van der Waals surface area contributed by atoms with E-state index in [0.29, 0.717) is 18.3 Å². The van der Waals surface area contributed by atoms with Gasteiger partial charge in [0.05, 0.1) is 6.04 Å². The van der Waals surface area contributed by atoms with E-state index >= 15 is 0 Å². The van der Waals surface area contributed by atoms with Crippen LogP contribution < -0.4 is 0 Å². The van der Waals surface area contributed by atoms with E-state index in [1.165, 1.54) is 6.07 Å². The zero-order valence-electron chi connectivity index (χ0n) is 13.8. The molecule has 0 radical (unpaired) electrons. The summed E-state index contributed by atoms with van der Waals surface area (Å²) in [6.45, 7) is 1.61. The first kappa shape index (κ1) is 15.9. The van der Waals surface area contributed by atoms with Crippen molar-refractivity contribution in [3.8, 4) is 11.4 Å². The fourth-order valence-electron chi connectivity index (χ4n) is 3.32. The van der Waals surface area contributed by atoms with Crippen molar-refractivity contribution in [3.63, 3.8) is 0 Å². The lowest BCUT2D eigenvalue weighted by Crippen LogP contribution is -2.33. The van der Waals surface area contributed by atoms with Crippen LogP contribution in [-0.4, -0.2) is 26.6 Å². The van der Waals surface area contributed by atoms with Gasteiger partial charge in [-0.3, -0.25) is 9.88 Å². The van der Waals surface area contributed by atoms with Crippen LogP contribution in [0.15, 0.2) is 53.3 Å². The largest absolute Gasteiger partial charge is 0.337 e. The van der Waals surface area contributed by atoms with Crippen molar-refractivity contribution in [3.05, 3.63) is 66.1 Å². The van der Waals surface area contributed by atoms with Gasteiger partial charge in [0.25, 0.3) is 0 Å². The van der Waals surface area contributed by atoms with E-state index in [-0.39, 0.29) is 11.9 Å². The summed E-state index contributed by atoms with van der Waals surface area (Å²) in [5.74, 6) is 1.00. The smallest absolute Gasteiger partial charge is 0.244 e. The van der Waals surface area contributed by atoms with Crippen LogP contribution in [0.4, 0.5) is 4.39 Å². The average Bonchev–Trinajstić information content (AvgIpc) is 3.13. The first-order valence-corrected chi connectivity index (χ1v) is 8.52. The molecule has 0 saturated carbocycles. The molecule has 1 unspecified atom stereocenters. The molecule has 128 valence electrons. The summed E-state index contributed by atoms with van der Waals surface area (Å²) in [5.41, 5.74) is 1.85. The van der Waals surface area contributed by atoms with Crippen LogP contribution in [0.3, 0.4) is 0 Å². The van der Waals surface area contributed by atoms with Gasteiger partial charge in [0.2, 0.25) is 11.7 Å². The molecule has 2 aromatic heterocycles. The Balaban J connectivity index is 1.56. The average molecular weight is 338 g/mol. The lowest BCUT2D eigenvalue weighted by molar-refractivity contribution is 0.111. The fourth-order valence-corrected chi connectivity index (χ4v) is 3.32. The second-order valence-electron chi connectivity index (χ2n) is 6.30. The molecule has 0 aliphatic carbocycles. The van der Waals surface area contributed by atoms with Crippen molar-refractivity contribution >= 4 is 0 Å². The number of pyridine rings is 1. The Morgan fingerprint density at radius 3 is 2.88 bits per heavy atom. The third-order valence-electron chi connectivity index (χ3n) is 4.55. The maximum atomic E-state index is 13.5. The minimum Gasteiger partial charge on any atom is -0.337 e. The monoisotopic (exact) mass is 338 g/mol. The molecule has 5 nitrogen and oxygen atoms in total. The third kappa shape index (κ3) is 3.58. The Bertz CT molecular complexity index is 836. The van der Waals surface area contributed by atoms with E-state index in [2.05, 4.69) is 20.0 Å². The van der Waals surface area contributed by atoms with Crippen molar-refractivity contribution in [2.24, 2.45) is 0 Å². The van der Waals surface area contributed by atoms with Crippen LogP contribution in [0.2, 0.25) is 0 Å². The molecule has 0 bridgehead atoms. The Morgan fingerprint density at radius 1 is 1.16 bits per heavy atom. The van der Waals surface area contributed by atoms with Gasteiger partial charge in [-0.25, -0.2) is 4.39 Å². The van der Waals surface area contributed by atoms with Gasteiger partial charge in [0.1, 0.15) is 5.82 Å². The molecule has 1 aliphatic heterocycles. The zero-order chi connectivity index (χ0) is 17.1. The number of likely N-dealkylation sites (tertiary alicyclic amines) is 1. The van der Waals surface area contributed by atoms with Crippen LogP contribution in [0, 0.1) is 5.82 Å². The van der Waals surface area contributed by atoms with Gasteiger partial charge in [-0.2, -0.15) is 4.98 Å². The maximum absolute atomic E-state index is 13.5. The minimum atomic E-state index is -0.205. The summed E-state index contributed by atoms with van der Waals surface area (Å²) in [7, 11) is 0. The van der Waals surface area contributed by atoms with Crippen molar-refractivity contribution in [2.75, 3.05) is 6.54 Å². The van der Waals surface area contributed by atoms with Crippen LogP contribution in [0.25, 0.3) is 11.4 Å². The number of nitrogens with zero attached hydrogens (tertiary/aromatic N) is 4. The lowest BCUT2D eigenvalue weighted by Gasteiger charge is -2.33. The van der Waals surface area contributed by atoms with Crippen molar-refractivity contribution < 1.29 is 8.91 Å². The van der Waals surface area contributed by atoms with Crippen molar-refractivity contribution in [2.45, 2.75) is 31.8 Å². The highest BCUT2D eigenvalue weighted by Crippen LogP contribution is 2.32. The predicted molar refractivity (Wildman–Crippen MR) is 90.9 cm³/mol. The summed E-state index contributed by atoms with van der Waals surface area (Å²) in [4.78, 5) is 10.9. The van der Waals surface area contributed by atoms with Gasteiger partial charge in [0, 0.05) is 24.5 Å². The maximum Gasteiger partial charge on any atom is 0.244 e. The molecule has 4 rings (SSSR count). The molecule has 0 N–H and O–H groups in total. The Hall–Kier alpha value is -2.60. The quantitative estimate of drug-likeness (QED) is 0.720. The number of hydrogen-bond donors (Lipinski definition) is 0. The highest BCUT2D eigenvalue weighted by Gasteiger charge is 2.29. The van der Waals surface area contributed by atoms with Crippen molar-refractivity contribution in [1.82, 2.24) is 20.0 Å². The van der Waals surface area contributed by atoms with Gasteiger partial charge in [-0.1, -0.05) is 23.7 Å². The molecular formula is C19H19FN4O. The summed E-state index contributed by atoms with van der Waals surface area (Å²) >= 11 is 0. The first-order valence-electron chi connectivity index (χ1n) is 8.52. The second kappa shape index (κ2) is 7.11. The Kier molecular flexibility index (Phi) is 4.52. The standard InChI is InChI=1S/C19H19FN4O/c20-16-5-3-4-14(12-16)13-24-11-2-1-6-17(24)19-22-18(23-25-19)15-7-9-21-10-8-15/h3-5,7-10,12,17H,1-2,6,11,13H2. The molecule has 1 aliphatic rings. The number of halogens is 1. The predicted octanol–water partition coefficient (Wildman–Crippen LogP) is 4.00. The summed E-state index contributed by atoms with van der Waals surface area (Å²) in [6, 6.07) is 10.5. The first-order chi connectivity index (χ1) is 12.3. The molecule has 0 amide bonds. The summed E-state index contributed by atoms with van der Waals surface area (Å²) in [5, 5.41) is 4.12. The molecule has 3 aromatic rings. The van der Waals surface area contributed by atoms with E-state index in [1.807, 2.05) is 18.2 Å². The number of hydrogen-bond acceptors (Lipinski definition) is 5. The van der Waals surface area contributed by atoms with E-state index in [0.717, 1.165) is 36.9 Å². The van der Waals surface area contributed by atoms with Crippen LogP contribution in [0.5, 0.6) is 0 Å². The highest BCUT2D eigenvalue weighted by molar-refractivity contribution is 5.52. The molecule has 25 heavy (non-hydrogen) atoms. The van der Waals surface area contributed by atoms with Gasteiger partial charge in [-0.05, 0) is 49.2 Å². The van der Waals surface area contributed by atoms with E-state index in [9.17, 15) is 4.39 Å². The summed E-state index contributed by atoms with van der Waals surface area (Å²) in [6.07, 6.45) is 6.63. The van der Waals surface area contributed by atoms with Crippen LogP contribution >= 0.6 is 0 Å². The van der Waals surface area contributed by atoms with Crippen LogP contribution in [-0.2, 0) is 6.54 Å². The minimum absolute atomic E-state index is 0.0695. The second-order valence-corrected chi connectivity index (χ2v) is 6.30. The van der Waals surface area contributed by atoms with Gasteiger partial charge >= 0.3 is 0 Å². The molecule has 1 aromatic carbocycles. The Labute approximate surface area is 145 Å². The number of benzene rings is 1. The number of aromatic nitrogens is 3. The van der Waals surface area contributed by atoms with Crippen molar-refractivity contribution in [1.29, 1.82) is 0 Å². The molecule has 1 fully saturated rings. The summed E-state index contributed by atoms with van der Waals surface area (Å²) < 4.78 is 19.0. The number of rotatable bonds is 4.